The number of hydrogen-bond acceptors (Lipinski definition) is 4. The molecule has 0 saturated heterocycles. The van der Waals surface area contributed by atoms with Gasteiger partial charge in [0.2, 0.25) is 0 Å². The smallest absolute Gasteiger partial charge is 0.270 e. The van der Waals surface area contributed by atoms with E-state index < -0.39 is 0 Å². The van der Waals surface area contributed by atoms with Gasteiger partial charge in [0.15, 0.2) is 0 Å². The summed E-state index contributed by atoms with van der Waals surface area (Å²) in [5.74, 6) is -0.0264. The monoisotopic (exact) mass is 277 g/mol. The summed E-state index contributed by atoms with van der Waals surface area (Å²) in [7, 11) is 0. The molecule has 0 aliphatic rings. The number of para-hydroxylation sites is 1. The number of amidine groups is 1. The van der Waals surface area contributed by atoms with Crippen molar-refractivity contribution in [1.29, 1.82) is 5.26 Å². The van der Waals surface area contributed by atoms with Crippen LogP contribution in [-0.4, -0.2) is 5.84 Å². The van der Waals surface area contributed by atoms with Crippen LogP contribution in [0.1, 0.15) is 11.1 Å². The predicted octanol–water partition coefficient (Wildman–Crippen LogP) is 4.34. The van der Waals surface area contributed by atoms with E-state index in [1.54, 1.807) is 0 Å². The van der Waals surface area contributed by atoms with E-state index in [0.717, 1.165) is 22.5 Å². The van der Waals surface area contributed by atoms with Crippen LogP contribution in [0.25, 0.3) is 0 Å². The first kappa shape index (κ1) is 14.4. The van der Waals surface area contributed by atoms with Crippen molar-refractivity contribution in [2.45, 2.75) is 13.8 Å². The molecule has 2 rings (SSSR count). The Morgan fingerprint density at radius 3 is 2.33 bits per heavy atom. The summed E-state index contributed by atoms with van der Waals surface area (Å²) in [6.45, 7) is 3.89. The van der Waals surface area contributed by atoms with Crippen molar-refractivity contribution >= 4 is 17.2 Å². The molecule has 0 aromatic heterocycles. The van der Waals surface area contributed by atoms with E-state index in [1.807, 2.05) is 68.4 Å². The molecule has 0 aliphatic carbocycles. The average Bonchev–Trinajstić information content (AvgIpc) is 2.50. The van der Waals surface area contributed by atoms with E-state index in [1.165, 1.54) is 0 Å². The summed E-state index contributed by atoms with van der Waals surface area (Å²) in [6, 6.07) is 17.1. The molecule has 0 amide bonds. The predicted molar refractivity (Wildman–Crippen MR) is 83.5 cm³/mol. The highest BCUT2D eigenvalue weighted by Crippen LogP contribution is 2.17. The molecule has 5 nitrogen and oxygen atoms in total. The number of azo groups is 1. The maximum atomic E-state index is 9.05. The van der Waals surface area contributed by atoms with Gasteiger partial charge in [-0.25, -0.2) is 0 Å². The Morgan fingerprint density at radius 1 is 1.00 bits per heavy atom. The molecule has 0 heterocycles. The topological polar surface area (TPSA) is 72.9 Å². The number of hydrogen-bond donors (Lipinski definition) is 1. The second-order valence-electron chi connectivity index (χ2n) is 4.46. The normalized spacial score (nSPS) is 11.4. The van der Waals surface area contributed by atoms with Crippen LogP contribution in [0.4, 0.5) is 11.4 Å². The van der Waals surface area contributed by atoms with Crippen LogP contribution in [0.2, 0.25) is 0 Å². The molecule has 0 bridgehead atoms. The van der Waals surface area contributed by atoms with E-state index in [9.17, 15) is 0 Å². The number of nitrogens with zero attached hydrogens (tertiary/aromatic N) is 4. The number of hydrazone groups is 1. The highest BCUT2D eigenvalue weighted by atomic mass is 15.3. The van der Waals surface area contributed by atoms with E-state index in [2.05, 4.69) is 20.8 Å². The Morgan fingerprint density at radius 2 is 1.67 bits per heavy atom. The molecule has 0 atom stereocenters. The largest absolute Gasteiger partial charge is 0.275 e. The molecule has 0 saturated carbocycles. The minimum atomic E-state index is -0.0264. The molecule has 0 unspecified atom stereocenters. The van der Waals surface area contributed by atoms with Crippen LogP contribution in [-0.2, 0) is 0 Å². The van der Waals surface area contributed by atoms with Crippen LogP contribution >= 0.6 is 0 Å². The molecule has 1 N–H and O–H groups in total. The van der Waals surface area contributed by atoms with Crippen molar-refractivity contribution in [3.05, 3.63) is 59.7 Å². The first-order valence-corrected chi connectivity index (χ1v) is 6.47. The van der Waals surface area contributed by atoms with Crippen LogP contribution in [0.15, 0.2) is 63.9 Å². The fourth-order valence-electron chi connectivity index (χ4n) is 1.66. The summed E-state index contributed by atoms with van der Waals surface area (Å²) >= 11 is 0. The Bertz CT molecular complexity index is 725. The minimum absolute atomic E-state index is 0.0264. The van der Waals surface area contributed by atoms with Gasteiger partial charge >= 0.3 is 0 Å². The average molecular weight is 277 g/mol. The first-order chi connectivity index (χ1) is 10.2. The zero-order chi connectivity index (χ0) is 15.1. The Labute approximate surface area is 123 Å². The van der Waals surface area contributed by atoms with Crippen molar-refractivity contribution in [3.63, 3.8) is 0 Å². The lowest BCUT2D eigenvalue weighted by Crippen LogP contribution is -1.97. The standard InChI is InChI=1S/C16H15N5/c1-12-7-3-5-9-14(12)18-20-16(11-17)21-19-15-10-6-4-8-13(15)2/h3-10,18H,1-2H3/b20-16+,21-19?. The number of benzene rings is 2. The van der Waals surface area contributed by atoms with Crippen molar-refractivity contribution in [1.82, 2.24) is 0 Å². The highest BCUT2D eigenvalue weighted by Gasteiger charge is 1.99. The summed E-state index contributed by atoms with van der Waals surface area (Å²) in [4.78, 5) is 0. The molecule has 2 aromatic carbocycles. The third-order valence-electron chi connectivity index (χ3n) is 2.90. The minimum Gasteiger partial charge on any atom is -0.275 e. The Kier molecular flexibility index (Phi) is 4.78. The van der Waals surface area contributed by atoms with Crippen LogP contribution in [0, 0.1) is 25.2 Å². The van der Waals surface area contributed by atoms with Gasteiger partial charge in [0.1, 0.15) is 6.07 Å². The third-order valence-corrected chi connectivity index (χ3v) is 2.90. The van der Waals surface area contributed by atoms with E-state index in [4.69, 9.17) is 5.26 Å². The van der Waals surface area contributed by atoms with Crippen molar-refractivity contribution in [2.24, 2.45) is 15.3 Å². The van der Waals surface area contributed by atoms with Gasteiger partial charge in [-0.05, 0) is 37.1 Å². The van der Waals surface area contributed by atoms with E-state index in [-0.39, 0.29) is 5.84 Å². The van der Waals surface area contributed by atoms with Gasteiger partial charge in [-0.3, -0.25) is 5.43 Å². The fraction of sp³-hybridized carbons (Fsp3) is 0.125. The van der Waals surface area contributed by atoms with Gasteiger partial charge < -0.3 is 0 Å². The molecule has 104 valence electrons. The van der Waals surface area contributed by atoms with Crippen molar-refractivity contribution in [2.75, 3.05) is 5.43 Å². The lowest BCUT2D eigenvalue weighted by molar-refractivity contribution is 1.21. The molecule has 2 aromatic rings. The maximum absolute atomic E-state index is 9.05. The lowest BCUT2D eigenvalue weighted by atomic mass is 10.2. The van der Waals surface area contributed by atoms with E-state index >= 15 is 0 Å². The lowest BCUT2D eigenvalue weighted by Gasteiger charge is -2.03. The van der Waals surface area contributed by atoms with Gasteiger partial charge in [0.25, 0.3) is 5.84 Å². The van der Waals surface area contributed by atoms with E-state index in [0.29, 0.717) is 0 Å². The quantitative estimate of drug-likeness (QED) is 0.392. The SMILES string of the molecule is Cc1ccccc1N=N/C(C#N)=N/Nc1ccccc1C. The maximum Gasteiger partial charge on any atom is 0.270 e. The molecule has 0 spiro atoms. The Hall–Kier alpha value is -3.00. The molecular formula is C16H15N5. The number of nitrogens with one attached hydrogen (secondary N) is 1. The summed E-state index contributed by atoms with van der Waals surface area (Å²) < 4.78 is 0. The number of aryl methyl sites for hydroxylation is 2. The number of rotatable bonds is 3. The summed E-state index contributed by atoms with van der Waals surface area (Å²) in [5.41, 5.74) is 6.40. The van der Waals surface area contributed by atoms with Gasteiger partial charge in [-0.1, -0.05) is 36.4 Å². The van der Waals surface area contributed by atoms with Crippen LogP contribution in [0.5, 0.6) is 0 Å². The second-order valence-corrected chi connectivity index (χ2v) is 4.46. The van der Waals surface area contributed by atoms with Gasteiger partial charge in [-0.2, -0.15) is 5.26 Å². The summed E-state index contributed by atoms with van der Waals surface area (Å²) in [6.07, 6.45) is 0. The molecule has 5 heteroatoms. The molecule has 0 radical (unpaired) electrons. The zero-order valence-electron chi connectivity index (χ0n) is 11.9. The first-order valence-electron chi connectivity index (χ1n) is 6.47. The van der Waals surface area contributed by atoms with Crippen molar-refractivity contribution in [3.8, 4) is 6.07 Å². The van der Waals surface area contributed by atoms with Gasteiger partial charge in [-0.15, -0.1) is 15.3 Å². The zero-order valence-corrected chi connectivity index (χ0v) is 11.9. The number of nitriles is 1. The molecule has 21 heavy (non-hydrogen) atoms. The van der Waals surface area contributed by atoms with Gasteiger partial charge in [0.05, 0.1) is 11.4 Å². The molecule has 0 aliphatic heterocycles. The Balaban J connectivity index is 2.14. The second kappa shape index (κ2) is 6.96. The molecular weight excluding hydrogens is 262 g/mol. The van der Waals surface area contributed by atoms with Crippen LogP contribution in [0.3, 0.4) is 0 Å². The number of anilines is 1. The summed E-state index contributed by atoms with van der Waals surface area (Å²) in [5, 5.41) is 20.9. The third kappa shape index (κ3) is 3.98. The molecule has 0 fully saturated rings. The van der Waals surface area contributed by atoms with Crippen molar-refractivity contribution < 1.29 is 0 Å². The van der Waals surface area contributed by atoms with Crippen LogP contribution < -0.4 is 5.43 Å². The fourth-order valence-corrected chi connectivity index (χ4v) is 1.66. The highest BCUT2D eigenvalue weighted by molar-refractivity contribution is 5.97. The van der Waals surface area contributed by atoms with Gasteiger partial charge in [0, 0.05) is 0 Å².